The fourth-order valence-corrected chi connectivity index (χ4v) is 2.05. The lowest BCUT2D eigenvalue weighted by molar-refractivity contribution is -0.131. The highest BCUT2D eigenvalue weighted by Crippen LogP contribution is 2.20. The summed E-state index contributed by atoms with van der Waals surface area (Å²) >= 11 is 4.78. The summed E-state index contributed by atoms with van der Waals surface area (Å²) in [6.07, 6.45) is 6.21. The zero-order chi connectivity index (χ0) is 12.7. The zero-order valence-electron chi connectivity index (χ0n) is 10.5. The van der Waals surface area contributed by atoms with E-state index in [4.69, 9.17) is 22.7 Å². The summed E-state index contributed by atoms with van der Waals surface area (Å²) < 4.78 is 5.65. The molecule has 4 nitrogen and oxygen atoms in total. The second-order valence-electron chi connectivity index (χ2n) is 4.56. The zero-order valence-corrected chi connectivity index (χ0v) is 11.3. The van der Waals surface area contributed by atoms with Crippen LogP contribution in [0.25, 0.3) is 0 Å². The number of rotatable bonds is 7. The summed E-state index contributed by atoms with van der Waals surface area (Å²) in [4.78, 5) is 13.8. The van der Waals surface area contributed by atoms with Gasteiger partial charge in [0.2, 0.25) is 5.91 Å². The van der Waals surface area contributed by atoms with Gasteiger partial charge in [-0.15, -0.1) is 0 Å². The molecule has 1 aliphatic carbocycles. The molecule has 17 heavy (non-hydrogen) atoms. The van der Waals surface area contributed by atoms with Crippen LogP contribution in [0.5, 0.6) is 0 Å². The van der Waals surface area contributed by atoms with Gasteiger partial charge in [0, 0.05) is 20.0 Å². The van der Waals surface area contributed by atoms with E-state index in [9.17, 15) is 4.79 Å². The highest BCUT2D eigenvalue weighted by Gasteiger charge is 2.16. The Kier molecular flexibility index (Phi) is 6.44. The van der Waals surface area contributed by atoms with Crippen molar-refractivity contribution < 1.29 is 9.53 Å². The van der Waals surface area contributed by atoms with Crippen molar-refractivity contribution in [2.45, 2.75) is 44.6 Å². The second kappa shape index (κ2) is 7.61. The topological polar surface area (TPSA) is 55.6 Å². The molecule has 0 aromatic carbocycles. The van der Waals surface area contributed by atoms with Crippen LogP contribution in [-0.2, 0) is 9.53 Å². The van der Waals surface area contributed by atoms with Gasteiger partial charge in [0.05, 0.1) is 24.1 Å². The van der Waals surface area contributed by atoms with E-state index in [1.807, 2.05) is 0 Å². The van der Waals surface area contributed by atoms with Gasteiger partial charge in [-0.05, 0) is 12.8 Å². The normalized spacial score (nSPS) is 16.1. The Hall–Kier alpha value is -0.680. The van der Waals surface area contributed by atoms with Crippen LogP contribution in [0.1, 0.15) is 38.5 Å². The number of nitrogens with two attached hydrogens (primary N) is 1. The van der Waals surface area contributed by atoms with Gasteiger partial charge < -0.3 is 15.4 Å². The van der Waals surface area contributed by atoms with Crippen molar-refractivity contribution in [3.63, 3.8) is 0 Å². The molecule has 5 heteroatoms. The van der Waals surface area contributed by atoms with Gasteiger partial charge in [-0.25, -0.2) is 0 Å². The quantitative estimate of drug-likeness (QED) is 0.703. The standard InChI is InChI=1S/C12H22N2O2S/c1-14(8-6-11(13)17)12(15)7-9-16-10-4-2-3-5-10/h10H,2-9H2,1H3,(H2,13,17). The van der Waals surface area contributed by atoms with Crippen LogP contribution in [0.4, 0.5) is 0 Å². The molecule has 1 amide bonds. The number of nitrogens with zero attached hydrogens (tertiary/aromatic N) is 1. The molecule has 0 heterocycles. The molecule has 1 saturated carbocycles. The molecular weight excluding hydrogens is 236 g/mol. The van der Waals surface area contributed by atoms with E-state index in [2.05, 4.69) is 0 Å². The van der Waals surface area contributed by atoms with E-state index >= 15 is 0 Å². The Morgan fingerprint density at radius 1 is 1.41 bits per heavy atom. The van der Waals surface area contributed by atoms with E-state index in [0.29, 0.717) is 37.1 Å². The van der Waals surface area contributed by atoms with Crippen LogP contribution in [0.15, 0.2) is 0 Å². The summed E-state index contributed by atoms with van der Waals surface area (Å²) in [7, 11) is 1.77. The third-order valence-electron chi connectivity index (χ3n) is 3.09. The van der Waals surface area contributed by atoms with Crippen LogP contribution in [-0.4, -0.2) is 42.1 Å². The predicted molar refractivity (Wildman–Crippen MR) is 71.9 cm³/mol. The Morgan fingerprint density at radius 2 is 2.06 bits per heavy atom. The Morgan fingerprint density at radius 3 is 2.65 bits per heavy atom. The maximum absolute atomic E-state index is 11.7. The molecule has 98 valence electrons. The van der Waals surface area contributed by atoms with Crippen molar-refractivity contribution in [1.29, 1.82) is 0 Å². The van der Waals surface area contributed by atoms with Gasteiger partial charge >= 0.3 is 0 Å². The third kappa shape index (κ3) is 5.98. The largest absolute Gasteiger partial charge is 0.393 e. The van der Waals surface area contributed by atoms with Crippen molar-refractivity contribution in [3.8, 4) is 0 Å². The number of carbonyl (C=O) groups excluding carboxylic acids is 1. The van der Waals surface area contributed by atoms with Crippen molar-refractivity contribution >= 4 is 23.1 Å². The highest BCUT2D eigenvalue weighted by atomic mass is 32.1. The molecule has 0 radical (unpaired) electrons. The number of thiocarbonyl (C=S) groups is 1. The van der Waals surface area contributed by atoms with Gasteiger partial charge in [-0.1, -0.05) is 25.1 Å². The number of carbonyl (C=O) groups is 1. The van der Waals surface area contributed by atoms with Crippen LogP contribution >= 0.6 is 12.2 Å². The smallest absolute Gasteiger partial charge is 0.224 e. The number of amides is 1. The molecule has 0 spiro atoms. The summed E-state index contributed by atoms with van der Waals surface area (Å²) in [5.41, 5.74) is 5.39. The van der Waals surface area contributed by atoms with Crippen molar-refractivity contribution in [2.75, 3.05) is 20.2 Å². The average molecular weight is 258 g/mol. The second-order valence-corrected chi connectivity index (χ2v) is 5.08. The van der Waals surface area contributed by atoms with Crippen LogP contribution in [0.2, 0.25) is 0 Å². The van der Waals surface area contributed by atoms with Gasteiger partial charge in [-0.2, -0.15) is 0 Å². The van der Waals surface area contributed by atoms with Gasteiger partial charge in [0.15, 0.2) is 0 Å². The minimum atomic E-state index is 0.0965. The first-order valence-electron chi connectivity index (χ1n) is 6.23. The monoisotopic (exact) mass is 258 g/mol. The minimum absolute atomic E-state index is 0.0965. The maximum atomic E-state index is 11.7. The lowest BCUT2D eigenvalue weighted by Crippen LogP contribution is -2.31. The third-order valence-corrected chi connectivity index (χ3v) is 3.30. The number of hydrogen-bond donors (Lipinski definition) is 1. The summed E-state index contributed by atoms with van der Waals surface area (Å²) in [5.74, 6) is 0.0965. The molecule has 2 N–H and O–H groups in total. The SMILES string of the molecule is CN(CCC(N)=S)C(=O)CCOC1CCCC1. The van der Waals surface area contributed by atoms with Crippen molar-refractivity contribution in [2.24, 2.45) is 5.73 Å². The average Bonchev–Trinajstić information content (AvgIpc) is 2.78. The molecule has 1 fully saturated rings. The first kappa shape index (κ1) is 14.4. The molecule has 0 aromatic rings. The van der Waals surface area contributed by atoms with Crippen LogP contribution in [0, 0.1) is 0 Å². The molecule has 0 aliphatic heterocycles. The van der Waals surface area contributed by atoms with E-state index in [1.165, 1.54) is 12.8 Å². The fourth-order valence-electron chi connectivity index (χ4n) is 1.96. The van der Waals surface area contributed by atoms with Gasteiger partial charge in [0.25, 0.3) is 0 Å². The fraction of sp³-hybridized carbons (Fsp3) is 0.833. The van der Waals surface area contributed by atoms with Crippen molar-refractivity contribution in [1.82, 2.24) is 4.90 Å². The number of hydrogen-bond acceptors (Lipinski definition) is 3. The molecule has 0 saturated heterocycles. The Balaban J connectivity index is 2.08. The highest BCUT2D eigenvalue weighted by molar-refractivity contribution is 7.80. The lowest BCUT2D eigenvalue weighted by atomic mass is 10.3. The van der Waals surface area contributed by atoms with E-state index in [-0.39, 0.29) is 5.91 Å². The van der Waals surface area contributed by atoms with Gasteiger partial charge in [-0.3, -0.25) is 4.79 Å². The lowest BCUT2D eigenvalue weighted by Gasteiger charge is -2.17. The first-order valence-corrected chi connectivity index (χ1v) is 6.64. The Bertz CT molecular complexity index is 265. The Labute approximate surface area is 108 Å². The predicted octanol–water partition coefficient (Wildman–Crippen LogP) is 1.47. The minimum Gasteiger partial charge on any atom is -0.393 e. The molecule has 1 aliphatic rings. The first-order chi connectivity index (χ1) is 8.09. The van der Waals surface area contributed by atoms with Gasteiger partial charge in [0.1, 0.15) is 0 Å². The van der Waals surface area contributed by atoms with Crippen LogP contribution < -0.4 is 5.73 Å². The molecular formula is C12H22N2O2S. The summed E-state index contributed by atoms with van der Waals surface area (Å²) in [5, 5.41) is 0. The molecule has 0 aromatic heterocycles. The van der Waals surface area contributed by atoms with E-state index < -0.39 is 0 Å². The maximum Gasteiger partial charge on any atom is 0.224 e. The number of ether oxygens (including phenoxy) is 1. The van der Waals surface area contributed by atoms with E-state index in [1.54, 1.807) is 11.9 Å². The summed E-state index contributed by atoms with van der Waals surface area (Å²) in [6, 6.07) is 0. The molecule has 0 bridgehead atoms. The molecule has 0 unspecified atom stereocenters. The molecule has 1 rings (SSSR count). The van der Waals surface area contributed by atoms with Crippen molar-refractivity contribution in [3.05, 3.63) is 0 Å². The van der Waals surface area contributed by atoms with E-state index in [0.717, 1.165) is 12.8 Å². The summed E-state index contributed by atoms with van der Waals surface area (Å²) in [6.45, 7) is 1.12. The van der Waals surface area contributed by atoms with Crippen LogP contribution in [0.3, 0.4) is 0 Å². The molecule has 0 atom stereocenters.